The van der Waals surface area contributed by atoms with Gasteiger partial charge in [-0.3, -0.25) is 9.69 Å². The molecule has 0 saturated heterocycles. The van der Waals surface area contributed by atoms with Crippen molar-refractivity contribution in [3.05, 3.63) is 0 Å². The minimum Gasteiger partial charge on any atom is -0.368 e. The zero-order valence-electron chi connectivity index (χ0n) is 11.4. The molecule has 1 unspecified atom stereocenters. The normalized spacial score (nSPS) is 19.5. The van der Waals surface area contributed by atoms with Crippen LogP contribution in [-0.4, -0.2) is 48.2 Å². The van der Waals surface area contributed by atoms with Gasteiger partial charge in [0.15, 0.2) is 0 Å². The van der Waals surface area contributed by atoms with Crippen molar-refractivity contribution in [3.8, 4) is 0 Å². The maximum Gasteiger partial charge on any atom is 0.401 e. The van der Waals surface area contributed by atoms with E-state index in [1.54, 1.807) is 6.92 Å². The van der Waals surface area contributed by atoms with Crippen LogP contribution in [0.2, 0.25) is 0 Å². The maximum atomic E-state index is 12.5. The largest absolute Gasteiger partial charge is 0.401 e. The Morgan fingerprint density at radius 2 is 2.00 bits per heavy atom. The fourth-order valence-corrected chi connectivity index (χ4v) is 2.12. The Morgan fingerprint density at radius 3 is 2.37 bits per heavy atom. The summed E-state index contributed by atoms with van der Waals surface area (Å²) >= 11 is 0. The van der Waals surface area contributed by atoms with Crippen LogP contribution in [0, 0.1) is 0 Å². The van der Waals surface area contributed by atoms with Gasteiger partial charge in [-0.1, -0.05) is 6.92 Å². The molecular weight excluding hydrogens is 259 g/mol. The van der Waals surface area contributed by atoms with Gasteiger partial charge in [0, 0.05) is 12.6 Å². The number of rotatable bonds is 8. The van der Waals surface area contributed by atoms with E-state index in [2.05, 4.69) is 5.32 Å². The lowest BCUT2D eigenvalue weighted by Crippen LogP contribution is -2.55. The summed E-state index contributed by atoms with van der Waals surface area (Å²) in [5, 5.41) is 2.95. The Kier molecular flexibility index (Phi) is 5.20. The second kappa shape index (κ2) is 6.09. The Morgan fingerprint density at radius 1 is 1.42 bits per heavy atom. The molecule has 1 amide bonds. The van der Waals surface area contributed by atoms with E-state index < -0.39 is 24.2 Å². The van der Waals surface area contributed by atoms with Crippen LogP contribution in [0.3, 0.4) is 0 Å². The van der Waals surface area contributed by atoms with Gasteiger partial charge in [-0.05, 0) is 32.7 Å². The molecule has 1 fully saturated rings. The summed E-state index contributed by atoms with van der Waals surface area (Å²) in [4.78, 5) is 12.8. The monoisotopic (exact) mass is 281 g/mol. The van der Waals surface area contributed by atoms with Crippen LogP contribution in [-0.2, 0) is 4.79 Å². The van der Waals surface area contributed by atoms with Gasteiger partial charge < -0.3 is 11.1 Å². The van der Waals surface area contributed by atoms with Crippen molar-refractivity contribution >= 4 is 5.91 Å². The molecule has 0 aromatic carbocycles. The molecule has 1 saturated carbocycles. The Balaban J connectivity index is 2.57. The number of hydrogen-bond acceptors (Lipinski definition) is 3. The van der Waals surface area contributed by atoms with Gasteiger partial charge in [-0.15, -0.1) is 0 Å². The number of alkyl halides is 3. The number of likely N-dealkylation sites (N-methyl/N-ethyl adjacent to an activating group) is 1. The number of nitrogens with zero attached hydrogens (tertiary/aromatic N) is 1. The highest BCUT2D eigenvalue weighted by Gasteiger charge is 2.39. The molecule has 0 radical (unpaired) electrons. The van der Waals surface area contributed by atoms with Gasteiger partial charge in [-0.25, -0.2) is 0 Å². The van der Waals surface area contributed by atoms with E-state index in [-0.39, 0.29) is 19.0 Å². The van der Waals surface area contributed by atoms with Crippen molar-refractivity contribution in [2.75, 3.05) is 19.6 Å². The summed E-state index contributed by atoms with van der Waals surface area (Å²) in [7, 11) is 0. The maximum absolute atomic E-state index is 12.5. The second-order valence-electron chi connectivity index (χ2n) is 5.29. The quantitative estimate of drug-likeness (QED) is 0.704. The fraction of sp³-hybridized carbons (Fsp3) is 0.917. The molecule has 7 heteroatoms. The van der Waals surface area contributed by atoms with E-state index in [1.807, 2.05) is 6.92 Å². The number of halogens is 3. The van der Waals surface area contributed by atoms with Gasteiger partial charge in [0.25, 0.3) is 0 Å². The molecule has 0 bridgehead atoms. The summed E-state index contributed by atoms with van der Waals surface area (Å²) in [6.45, 7) is 3.31. The van der Waals surface area contributed by atoms with E-state index in [0.717, 1.165) is 12.8 Å². The minimum atomic E-state index is -4.20. The summed E-state index contributed by atoms with van der Waals surface area (Å²) < 4.78 is 37.4. The number of nitrogens with two attached hydrogens (primary N) is 1. The number of primary amides is 1. The zero-order chi connectivity index (χ0) is 14.7. The second-order valence-corrected chi connectivity index (χ2v) is 5.29. The highest BCUT2D eigenvalue weighted by Crippen LogP contribution is 2.30. The Labute approximate surface area is 111 Å². The van der Waals surface area contributed by atoms with Crippen molar-refractivity contribution in [3.63, 3.8) is 0 Å². The smallest absolute Gasteiger partial charge is 0.368 e. The molecule has 0 aromatic rings. The summed E-state index contributed by atoms with van der Waals surface area (Å²) in [5.41, 5.74) is 4.37. The SMILES string of the molecule is CCNC(C)(CCN(CC(F)(F)F)C1CC1)C(N)=O. The lowest BCUT2D eigenvalue weighted by molar-refractivity contribution is -0.147. The van der Waals surface area contributed by atoms with Crippen molar-refractivity contribution in [2.24, 2.45) is 5.73 Å². The number of carbonyl (C=O) groups is 1. The molecule has 112 valence electrons. The van der Waals surface area contributed by atoms with Crippen LogP contribution >= 0.6 is 0 Å². The van der Waals surface area contributed by atoms with Crippen LogP contribution in [0.15, 0.2) is 0 Å². The minimum absolute atomic E-state index is 0.000350. The predicted molar refractivity (Wildman–Crippen MR) is 66.5 cm³/mol. The highest BCUT2D eigenvalue weighted by atomic mass is 19.4. The van der Waals surface area contributed by atoms with Crippen LogP contribution in [0.5, 0.6) is 0 Å². The van der Waals surface area contributed by atoms with Crippen LogP contribution in [0.25, 0.3) is 0 Å². The molecule has 3 N–H and O–H groups in total. The van der Waals surface area contributed by atoms with Crippen LogP contribution < -0.4 is 11.1 Å². The number of carbonyl (C=O) groups excluding carboxylic acids is 1. The van der Waals surface area contributed by atoms with Gasteiger partial charge in [0.05, 0.1) is 12.1 Å². The van der Waals surface area contributed by atoms with Gasteiger partial charge in [0.1, 0.15) is 0 Å². The molecule has 0 spiro atoms. The van der Waals surface area contributed by atoms with Crippen molar-refractivity contribution in [1.82, 2.24) is 10.2 Å². The van der Waals surface area contributed by atoms with Crippen LogP contribution in [0.1, 0.15) is 33.1 Å². The fourth-order valence-electron chi connectivity index (χ4n) is 2.12. The molecule has 1 atom stereocenters. The first kappa shape index (κ1) is 16.2. The van der Waals surface area contributed by atoms with Crippen molar-refractivity contribution < 1.29 is 18.0 Å². The molecule has 19 heavy (non-hydrogen) atoms. The molecular formula is C12H22F3N3O. The van der Waals surface area contributed by atoms with Crippen LogP contribution in [0.4, 0.5) is 13.2 Å². The van der Waals surface area contributed by atoms with E-state index in [1.165, 1.54) is 4.90 Å². The van der Waals surface area contributed by atoms with E-state index in [9.17, 15) is 18.0 Å². The first-order valence-electron chi connectivity index (χ1n) is 6.53. The van der Waals surface area contributed by atoms with Crippen molar-refractivity contribution in [1.29, 1.82) is 0 Å². The molecule has 0 aliphatic heterocycles. The molecule has 4 nitrogen and oxygen atoms in total. The van der Waals surface area contributed by atoms with E-state index in [0.29, 0.717) is 6.54 Å². The zero-order valence-corrected chi connectivity index (χ0v) is 11.4. The average molecular weight is 281 g/mol. The first-order valence-corrected chi connectivity index (χ1v) is 6.53. The third-order valence-electron chi connectivity index (χ3n) is 3.46. The summed E-state index contributed by atoms with van der Waals surface area (Å²) in [5.74, 6) is -0.530. The van der Waals surface area contributed by atoms with Gasteiger partial charge >= 0.3 is 6.18 Å². The molecule has 1 rings (SSSR count). The number of amides is 1. The first-order chi connectivity index (χ1) is 8.68. The topological polar surface area (TPSA) is 58.4 Å². The van der Waals surface area contributed by atoms with Crippen molar-refractivity contribution in [2.45, 2.75) is 50.9 Å². The van der Waals surface area contributed by atoms with E-state index >= 15 is 0 Å². The lowest BCUT2D eigenvalue weighted by Gasteiger charge is -2.31. The standard InChI is InChI=1S/C12H22F3N3O/c1-3-17-11(2,10(16)19)6-7-18(9-4-5-9)8-12(13,14)15/h9,17H,3-8H2,1-2H3,(H2,16,19). The third-order valence-corrected chi connectivity index (χ3v) is 3.46. The highest BCUT2D eigenvalue weighted by molar-refractivity contribution is 5.84. The molecule has 0 aromatic heterocycles. The average Bonchev–Trinajstić information content (AvgIpc) is 3.06. The third kappa shape index (κ3) is 5.36. The lowest BCUT2D eigenvalue weighted by atomic mass is 9.96. The number of nitrogens with one attached hydrogen (secondary N) is 1. The van der Waals surface area contributed by atoms with Gasteiger partial charge in [0.2, 0.25) is 5.91 Å². The van der Waals surface area contributed by atoms with Gasteiger partial charge in [-0.2, -0.15) is 13.2 Å². The van der Waals surface area contributed by atoms with E-state index in [4.69, 9.17) is 5.73 Å². The Bertz CT molecular complexity index is 318. The molecule has 1 aliphatic rings. The summed E-state index contributed by atoms with van der Waals surface area (Å²) in [6, 6.07) is 0.000350. The predicted octanol–water partition coefficient (Wildman–Crippen LogP) is 1.26. The summed E-state index contributed by atoms with van der Waals surface area (Å²) in [6.07, 6.45) is -2.33. The number of hydrogen-bond donors (Lipinski definition) is 2. The molecule has 1 aliphatic carbocycles. The Hall–Kier alpha value is -0.820. The molecule has 0 heterocycles.